The molecule has 1 heteroatoms. The van der Waals surface area contributed by atoms with Crippen LogP contribution in [0.2, 0.25) is 0 Å². The third kappa shape index (κ3) is 2.78. The van der Waals surface area contributed by atoms with Crippen molar-refractivity contribution in [1.82, 2.24) is 0 Å². The average Bonchev–Trinajstić information content (AvgIpc) is 2.18. The van der Waals surface area contributed by atoms with E-state index in [1.807, 2.05) is 5.37 Å². The molecule has 0 aromatic carbocycles. The van der Waals surface area contributed by atoms with Gasteiger partial charge in [0.2, 0.25) is 0 Å². The second kappa shape index (κ2) is 5.45. The molecule has 0 fully saturated rings. The van der Waals surface area contributed by atoms with Crippen molar-refractivity contribution >= 4 is 17.6 Å². The highest BCUT2D eigenvalue weighted by Crippen LogP contribution is 2.33. The van der Waals surface area contributed by atoms with E-state index in [1.165, 1.54) is 30.4 Å². The minimum Gasteiger partial charge on any atom is -0.0884 e. The van der Waals surface area contributed by atoms with Crippen molar-refractivity contribution in [3.8, 4) is 0 Å². The van der Waals surface area contributed by atoms with Crippen molar-refractivity contribution in [2.75, 3.05) is 0 Å². The summed E-state index contributed by atoms with van der Waals surface area (Å²) in [5.74, 6) is 1.64. The fourth-order valence-electron chi connectivity index (χ4n) is 2.10. The molecule has 0 aliphatic heterocycles. The van der Waals surface area contributed by atoms with Gasteiger partial charge in [0, 0.05) is 5.37 Å². The lowest BCUT2D eigenvalue weighted by Gasteiger charge is -2.27. The minimum absolute atomic E-state index is 0.793. The van der Waals surface area contributed by atoms with Gasteiger partial charge in [-0.2, -0.15) is 0 Å². The van der Waals surface area contributed by atoms with E-state index < -0.39 is 0 Å². The smallest absolute Gasteiger partial charge is 0.00483 e. The Bertz CT molecular complexity index is 258. The van der Waals surface area contributed by atoms with E-state index in [0.29, 0.717) is 0 Å². The zero-order valence-corrected chi connectivity index (χ0v) is 10.2. The first-order valence-electron chi connectivity index (χ1n) is 5.49. The van der Waals surface area contributed by atoms with Crippen LogP contribution in [0.3, 0.4) is 0 Å². The molecule has 14 heavy (non-hydrogen) atoms. The molecule has 0 amide bonds. The molecule has 0 saturated heterocycles. The van der Waals surface area contributed by atoms with Gasteiger partial charge in [0.1, 0.15) is 0 Å². The summed E-state index contributed by atoms with van der Waals surface area (Å²) in [7, 11) is 0. The molecular formula is C13H20S. The summed E-state index contributed by atoms with van der Waals surface area (Å²) in [5, 5.41) is 1.87. The van der Waals surface area contributed by atoms with Gasteiger partial charge in [0.15, 0.2) is 0 Å². The molecule has 1 unspecified atom stereocenters. The zero-order chi connectivity index (χ0) is 10.6. The fourth-order valence-corrected chi connectivity index (χ4v) is 2.37. The van der Waals surface area contributed by atoms with Crippen molar-refractivity contribution < 1.29 is 0 Å². The molecule has 0 aromatic rings. The normalized spacial score (nSPS) is 23.6. The summed E-state index contributed by atoms with van der Waals surface area (Å²) in [4.78, 5) is 0. The van der Waals surface area contributed by atoms with Crippen LogP contribution in [0.15, 0.2) is 23.3 Å². The zero-order valence-electron chi connectivity index (χ0n) is 9.42. The predicted octanol–water partition coefficient (Wildman–Crippen LogP) is 4.31. The van der Waals surface area contributed by atoms with Crippen LogP contribution in [0.4, 0.5) is 0 Å². The monoisotopic (exact) mass is 208 g/mol. The first kappa shape index (κ1) is 11.6. The molecule has 0 aromatic heterocycles. The van der Waals surface area contributed by atoms with Gasteiger partial charge >= 0.3 is 0 Å². The maximum Gasteiger partial charge on any atom is 0.00483 e. The maximum absolute atomic E-state index is 5.05. The maximum atomic E-state index is 5.05. The minimum atomic E-state index is 0.793. The van der Waals surface area contributed by atoms with Crippen molar-refractivity contribution in [2.24, 2.45) is 11.8 Å². The molecule has 0 saturated carbocycles. The standard InChI is InChI=1S/C13H20S/c1-4-5-12-8-11(10(2)3)6-7-13(12)9-14/h4-5,9-11H,6-8H2,1-3H3/b5-4-. The molecule has 0 bridgehead atoms. The Morgan fingerprint density at radius 3 is 2.57 bits per heavy atom. The van der Waals surface area contributed by atoms with E-state index in [2.05, 4.69) is 32.9 Å². The van der Waals surface area contributed by atoms with Crippen LogP contribution in [0.25, 0.3) is 0 Å². The number of hydrogen-bond donors (Lipinski definition) is 0. The van der Waals surface area contributed by atoms with Crippen LogP contribution < -0.4 is 0 Å². The van der Waals surface area contributed by atoms with Gasteiger partial charge in [-0.1, -0.05) is 38.2 Å². The van der Waals surface area contributed by atoms with Gasteiger partial charge in [-0.25, -0.2) is 0 Å². The number of thiocarbonyl (C=S) groups is 1. The third-order valence-corrected chi connectivity index (χ3v) is 3.42. The first-order chi connectivity index (χ1) is 6.69. The summed E-state index contributed by atoms with van der Waals surface area (Å²) in [5.41, 5.74) is 2.85. The number of hydrogen-bond acceptors (Lipinski definition) is 1. The molecule has 1 atom stereocenters. The topological polar surface area (TPSA) is 0 Å². The second-order valence-corrected chi connectivity index (χ2v) is 4.65. The molecule has 0 radical (unpaired) electrons. The average molecular weight is 208 g/mol. The van der Waals surface area contributed by atoms with Crippen LogP contribution in [0.1, 0.15) is 40.0 Å². The highest BCUT2D eigenvalue weighted by molar-refractivity contribution is 7.79. The molecule has 0 spiro atoms. The highest BCUT2D eigenvalue weighted by Gasteiger charge is 2.20. The second-order valence-electron chi connectivity index (χ2n) is 4.42. The van der Waals surface area contributed by atoms with Crippen LogP contribution in [0, 0.1) is 11.8 Å². The van der Waals surface area contributed by atoms with E-state index in [4.69, 9.17) is 12.2 Å². The molecule has 0 nitrogen and oxygen atoms in total. The Morgan fingerprint density at radius 2 is 2.07 bits per heavy atom. The molecule has 1 aliphatic rings. The van der Waals surface area contributed by atoms with Crippen molar-refractivity contribution in [3.63, 3.8) is 0 Å². The van der Waals surface area contributed by atoms with Crippen LogP contribution in [-0.4, -0.2) is 5.37 Å². The highest BCUT2D eigenvalue weighted by atomic mass is 32.1. The molecule has 78 valence electrons. The molecule has 1 rings (SSSR count). The summed E-state index contributed by atoms with van der Waals surface area (Å²) in [6.45, 7) is 6.72. The molecule has 0 N–H and O–H groups in total. The first-order valence-corrected chi connectivity index (χ1v) is 5.96. The SMILES string of the molecule is C/C=C\C1=C(C=S)CCC(C(C)C)C1. The Hall–Kier alpha value is -0.430. The Balaban J connectivity index is 2.81. The third-order valence-electron chi connectivity index (χ3n) is 3.13. The van der Waals surface area contributed by atoms with Gasteiger partial charge in [-0.3, -0.25) is 0 Å². The quantitative estimate of drug-likeness (QED) is 0.623. The Labute approximate surface area is 93.1 Å². The Morgan fingerprint density at radius 1 is 1.36 bits per heavy atom. The van der Waals surface area contributed by atoms with Crippen LogP contribution >= 0.6 is 12.2 Å². The van der Waals surface area contributed by atoms with Crippen molar-refractivity contribution in [1.29, 1.82) is 0 Å². The lowest BCUT2D eigenvalue weighted by atomic mass is 9.78. The van der Waals surface area contributed by atoms with E-state index in [1.54, 1.807) is 0 Å². The van der Waals surface area contributed by atoms with Crippen LogP contribution in [-0.2, 0) is 0 Å². The number of allylic oxidation sites excluding steroid dienone is 4. The Kier molecular flexibility index (Phi) is 4.53. The lowest BCUT2D eigenvalue weighted by Crippen LogP contribution is -2.15. The summed E-state index contributed by atoms with van der Waals surface area (Å²) < 4.78 is 0. The van der Waals surface area contributed by atoms with E-state index in [0.717, 1.165) is 11.8 Å². The molecule has 1 aliphatic carbocycles. The van der Waals surface area contributed by atoms with Gasteiger partial charge in [0.25, 0.3) is 0 Å². The summed E-state index contributed by atoms with van der Waals surface area (Å²) in [6, 6.07) is 0. The van der Waals surface area contributed by atoms with Gasteiger partial charge in [-0.05, 0) is 49.2 Å². The van der Waals surface area contributed by atoms with Crippen molar-refractivity contribution in [3.05, 3.63) is 23.3 Å². The van der Waals surface area contributed by atoms with Gasteiger partial charge in [0.05, 0.1) is 0 Å². The molecule has 0 heterocycles. The molecular weight excluding hydrogens is 188 g/mol. The van der Waals surface area contributed by atoms with E-state index in [9.17, 15) is 0 Å². The fraction of sp³-hybridized carbons (Fsp3) is 0.615. The van der Waals surface area contributed by atoms with Gasteiger partial charge < -0.3 is 0 Å². The summed E-state index contributed by atoms with van der Waals surface area (Å²) >= 11 is 5.05. The van der Waals surface area contributed by atoms with Crippen LogP contribution in [0.5, 0.6) is 0 Å². The van der Waals surface area contributed by atoms with E-state index >= 15 is 0 Å². The lowest BCUT2D eigenvalue weighted by molar-refractivity contribution is 0.347. The van der Waals surface area contributed by atoms with E-state index in [-0.39, 0.29) is 0 Å². The van der Waals surface area contributed by atoms with Crippen molar-refractivity contribution in [2.45, 2.75) is 40.0 Å². The number of rotatable bonds is 3. The summed E-state index contributed by atoms with van der Waals surface area (Å²) in [6.07, 6.45) is 8.04. The predicted molar refractivity (Wildman–Crippen MR) is 67.7 cm³/mol. The van der Waals surface area contributed by atoms with Gasteiger partial charge in [-0.15, -0.1) is 0 Å². The largest absolute Gasteiger partial charge is 0.0884 e.